The number of benzene rings is 2. The van der Waals surface area contributed by atoms with Crippen molar-refractivity contribution in [3.8, 4) is 11.5 Å². The Kier molecular flexibility index (Phi) is 7.23. The molecule has 0 saturated carbocycles. The van der Waals surface area contributed by atoms with E-state index in [0.717, 1.165) is 5.56 Å². The minimum absolute atomic E-state index is 0.0511. The number of nitrogens with zero attached hydrogens (tertiary/aromatic N) is 1. The van der Waals surface area contributed by atoms with E-state index >= 15 is 0 Å². The first kappa shape index (κ1) is 23.1. The van der Waals surface area contributed by atoms with E-state index in [0.29, 0.717) is 31.6 Å². The minimum atomic E-state index is -3.90. The molecule has 2 aromatic carbocycles. The van der Waals surface area contributed by atoms with Gasteiger partial charge in [0.2, 0.25) is 10.0 Å². The van der Waals surface area contributed by atoms with Crippen molar-refractivity contribution in [1.82, 2.24) is 4.31 Å². The van der Waals surface area contributed by atoms with Gasteiger partial charge < -0.3 is 14.2 Å². The maximum atomic E-state index is 13.5. The Hall–Kier alpha value is -2.58. The largest absolute Gasteiger partial charge is 0.497 e. The van der Waals surface area contributed by atoms with Crippen LogP contribution in [0.4, 0.5) is 0 Å². The summed E-state index contributed by atoms with van der Waals surface area (Å²) in [5, 5.41) is 0. The molecule has 0 spiro atoms. The number of hydrogen-bond acceptors (Lipinski definition) is 6. The average molecular weight is 448 g/mol. The quantitative estimate of drug-likeness (QED) is 0.578. The van der Waals surface area contributed by atoms with Gasteiger partial charge in [-0.15, -0.1) is 0 Å². The molecule has 1 heterocycles. The van der Waals surface area contributed by atoms with Gasteiger partial charge in [0.15, 0.2) is 0 Å². The molecular formula is C23H29NO6S. The van der Waals surface area contributed by atoms with Gasteiger partial charge in [-0.1, -0.05) is 30.3 Å². The van der Waals surface area contributed by atoms with Crippen LogP contribution in [0.25, 0.3) is 0 Å². The summed E-state index contributed by atoms with van der Waals surface area (Å²) in [5.41, 5.74) is 0.0272. The monoisotopic (exact) mass is 447 g/mol. The van der Waals surface area contributed by atoms with Gasteiger partial charge in [0.25, 0.3) is 0 Å². The molecule has 2 aromatic rings. The van der Waals surface area contributed by atoms with E-state index in [-0.39, 0.29) is 29.8 Å². The lowest BCUT2D eigenvalue weighted by Gasteiger charge is -2.40. The smallest absolute Gasteiger partial charge is 0.313 e. The number of rotatable bonds is 8. The molecule has 31 heavy (non-hydrogen) atoms. The molecule has 0 aromatic heterocycles. The minimum Gasteiger partial charge on any atom is -0.497 e. The highest BCUT2D eigenvalue weighted by molar-refractivity contribution is 7.89. The fraction of sp³-hybridized carbons (Fsp3) is 0.435. The fourth-order valence-electron chi connectivity index (χ4n) is 4.08. The van der Waals surface area contributed by atoms with Crippen molar-refractivity contribution in [2.24, 2.45) is 5.41 Å². The standard InChI is InChI=1S/C23H29NO6S/c1-4-30-22(25)23(16-18-9-6-5-7-10-18)13-8-14-24(17-23)31(26,27)21-12-11-19(28-2)15-20(21)29-3/h5-7,9-12,15H,4,8,13-14,16-17H2,1-3H3/t23-/m0/s1. The molecule has 1 saturated heterocycles. The number of esters is 1. The average Bonchev–Trinajstić information content (AvgIpc) is 2.79. The third-order valence-corrected chi connectivity index (χ3v) is 7.51. The molecule has 1 aliphatic heterocycles. The van der Waals surface area contributed by atoms with Crippen LogP contribution in [0.3, 0.4) is 0 Å². The van der Waals surface area contributed by atoms with Crippen LogP contribution in [-0.4, -0.2) is 52.6 Å². The molecule has 1 fully saturated rings. The van der Waals surface area contributed by atoms with E-state index in [2.05, 4.69) is 0 Å². The van der Waals surface area contributed by atoms with Gasteiger partial charge in [-0.2, -0.15) is 4.31 Å². The summed E-state index contributed by atoms with van der Waals surface area (Å²) in [7, 11) is -0.973. The Morgan fingerprint density at radius 1 is 1.10 bits per heavy atom. The first-order valence-electron chi connectivity index (χ1n) is 10.3. The zero-order valence-electron chi connectivity index (χ0n) is 18.2. The van der Waals surface area contributed by atoms with Crippen LogP contribution in [0.5, 0.6) is 11.5 Å². The molecule has 1 atom stereocenters. The van der Waals surface area contributed by atoms with Crippen molar-refractivity contribution in [2.75, 3.05) is 33.9 Å². The number of piperidine rings is 1. The number of carbonyl (C=O) groups excluding carboxylic acids is 1. The van der Waals surface area contributed by atoms with Gasteiger partial charge in [-0.05, 0) is 43.9 Å². The van der Waals surface area contributed by atoms with Crippen LogP contribution in [0.2, 0.25) is 0 Å². The van der Waals surface area contributed by atoms with Crippen LogP contribution < -0.4 is 9.47 Å². The number of methoxy groups -OCH3 is 2. The lowest BCUT2D eigenvalue weighted by atomic mass is 9.75. The highest BCUT2D eigenvalue weighted by Gasteiger charge is 2.47. The molecule has 0 radical (unpaired) electrons. The second-order valence-electron chi connectivity index (χ2n) is 7.62. The van der Waals surface area contributed by atoms with E-state index in [4.69, 9.17) is 14.2 Å². The van der Waals surface area contributed by atoms with E-state index < -0.39 is 15.4 Å². The van der Waals surface area contributed by atoms with Crippen LogP contribution in [0.15, 0.2) is 53.4 Å². The van der Waals surface area contributed by atoms with Crippen LogP contribution in [-0.2, 0) is 26.0 Å². The molecule has 3 rings (SSSR count). The Bertz CT molecular complexity index is 1010. The Morgan fingerprint density at radius 3 is 2.48 bits per heavy atom. The summed E-state index contributed by atoms with van der Waals surface area (Å²) in [6.45, 7) is 2.38. The zero-order valence-corrected chi connectivity index (χ0v) is 19.0. The number of ether oxygens (including phenoxy) is 3. The number of carbonyl (C=O) groups is 1. The lowest BCUT2D eigenvalue weighted by molar-refractivity contribution is -0.157. The van der Waals surface area contributed by atoms with Gasteiger partial charge in [0.1, 0.15) is 16.4 Å². The molecule has 0 unspecified atom stereocenters. The van der Waals surface area contributed by atoms with E-state index in [1.165, 1.54) is 24.6 Å². The third-order valence-electron chi connectivity index (χ3n) is 5.62. The first-order valence-corrected chi connectivity index (χ1v) is 11.7. The number of hydrogen-bond donors (Lipinski definition) is 0. The zero-order chi connectivity index (χ0) is 22.5. The van der Waals surface area contributed by atoms with Crippen molar-refractivity contribution in [3.63, 3.8) is 0 Å². The molecule has 0 amide bonds. The van der Waals surface area contributed by atoms with Gasteiger partial charge in [0, 0.05) is 19.2 Å². The molecule has 168 valence electrons. The van der Waals surface area contributed by atoms with Crippen molar-refractivity contribution in [3.05, 3.63) is 54.1 Å². The molecule has 7 nitrogen and oxygen atoms in total. The van der Waals surface area contributed by atoms with Crippen molar-refractivity contribution in [1.29, 1.82) is 0 Å². The highest BCUT2D eigenvalue weighted by atomic mass is 32.2. The second kappa shape index (κ2) is 9.70. The summed E-state index contributed by atoms with van der Waals surface area (Å²) >= 11 is 0. The predicted octanol–water partition coefficient (Wildman–Crippen LogP) is 3.28. The maximum Gasteiger partial charge on any atom is 0.313 e. The highest BCUT2D eigenvalue weighted by Crippen LogP contribution is 2.39. The summed E-state index contributed by atoms with van der Waals surface area (Å²) in [6, 6.07) is 14.2. The Balaban J connectivity index is 1.97. The topological polar surface area (TPSA) is 82.1 Å². The van der Waals surface area contributed by atoms with Crippen molar-refractivity contribution >= 4 is 16.0 Å². The Morgan fingerprint density at radius 2 is 1.84 bits per heavy atom. The fourth-order valence-corrected chi connectivity index (χ4v) is 5.78. The van der Waals surface area contributed by atoms with E-state index in [1.807, 2.05) is 30.3 Å². The molecule has 0 bridgehead atoms. The second-order valence-corrected chi connectivity index (χ2v) is 9.53. The van der Waals surface area contributed by atoms with Gasteiger partial charge in [0.05, 0.1) is 26.2 Å². The van der Waals surface area contributed by atoms with Crippen LogP contribution in [0.1, 0.15) is 25.3 Å². The molecule has 0 N–H and O–H groups in total. The van der Waals surface area contributed by atoms with Gasteiger partial charge in [-0.3, -0.25) is 4.79 Å². The van der Waals surface area contributed by atoms with Crippen LogP contribution >= 0.6 is 0 Å². The normalized spacial score (nSPS) is 19.6. The predicted molar refractivity (Wildman–Crippen MR) is 117 cm³/mol. The molecular weight excluding hydrogens is 418 g/mol. The van der Waals surface area contributed by atoms with E-state index in [1.54, 1.807) is 19.1 Å². The Labute approximate surface area is 184 Å². The van der Waals surface area contributed by atoms with Crippen molar-refractivity contribution in [2.45, 2.75) is 31.1 Å². The van der Waals surface area contributed by atoms with Crippen LogP contribution in [0, 0.1) is 5.41 Å². The first-order chi connectivity index (χ1) is 14.9. The maximum absolute atomic E-state index is 13.5. The van der Waals surface area contributed by atoms with E-state index in [9.17, 15) is 13.2 Å². The SMILES string of the molecule is CCOC(=O)[C@]1(Cc2ccccc2)CCCN(S(=O)(=O)c2ccc(OC)cc2OC)C1. The number of sulfonamides is 1. The van der Waals surface area contributed by atoms with Crippen molar-refractivity contribution < 1.29 is 27.4 Å². The van der Waals surface area contributed by atoms with Gasteiger partial charge in [-0.25, -0.2) is 8.42 Å². The summed E-state index contributed by atoms with van der Waals surface area (Å²) in [4.78, 5) is 13.1. The lowest BCUT2D eigenvalue weighted by Crippen LogP contribution is -2.51. The molecule has 8 heteroatoms. The third kappa shape index (κ3) is 4.85. The summed E-state index contributed by atoms with van der Waals surface area (Å²) in [5.74, 6) is 0.342. The molecule has 0 aliphatic carbocycles. The summed E-state index contributed by atoms with van der Waals surface area (Å²) < 4.78 is 44.4. The van der Waals surface area contributed by atoms with Gasteiger partial charge >= 0.3 is 5.97 Å². The molecule has 1 aliphatic rings. The summed E-state index contributed by atoms with van der Waals surface area (Å²) in [6.07, 6.45) is 1.54.